The lowest BCUT2D eigenvalue weighted by Gasteiger charge is -2.09. The molecule has 5 nitrogen and oxygen atoms in total. The Hall–Kier alpha value is -7.63. The minimum atomic E-state index is 0.606. The Kier molecular flexibility index (Phi) is 7.42. The van der Waals surface area contributed by atoms with Crippen LogP contribution in [0.15, 0.2) is 199 Å². The van der Waals surface area contributed by atoms with Gasteiger partial charge in [-0.15, -0.1) is 0 Å². The first-order valence-electron chi connectivity index (χ1n) is 18.8. The lowest BCUT2D eigenvalue weighted by molar-refractivity contribution is 0.668. The molecule has 262 valence electrons. The summed E-state index contributed by atoms with van der Waals surface area (Å²) in [5.74, 6) is 1.85. The molecule has 0 radical (unpaired) electrons. The van der Waals surface area contributed by atoms with Crippen LogP contribution in [0.4, 0.5) is 0 Å². The summed E-state index contributed by atoms with van der Waals surface area (Å²) in [5, 5.41) is 4.48. The Morgan fingerprint density at radius 1 is 0.304 bits per heavy atom. The lowest BCUT2D eigenvalue weighted by Crippen LogP contribution is -2.00. The zero-order valence-corrected chi connectivity index (χ0v) is 30.2. The summed E-state index contributed by atoms with van der Waals surface area (Å²) in [7, 11) is 0. The van der Waals surface area contributed by atoms with Crippen molar-refractivity contribution >= 4 is 43.7 Å². The summed E-state index contributed by atoms with van der Waals surface area (Å²) in [6, 6.07) is 67.5. The van der Waals surface area contributed by atoms with Crippen LogP contribution in [-0.2, 0) is 0 Å². The molecule has 0 unspecified atom stereocenters. The van der Waals surface area contributed by atoms with Crippen molar-refractivity contribution < 1.29 is 4.42 Å². The van der Waals surface area contributed by atoms with Gasteiger partial charge < -0.3 is 8.98 Å². The van der Waals surface area contributed by atoms with Gasteiger partial charge in [-0.25, -0.2) is 15.0 Å². The molecule has 0 saturated carbocycles. The average molecular weight is 717 g/mol. The molecule has 0 bridgehead atoms. The van der Waals surface area contributed by atoms with Gasteiger partial charge in [0.25, 0.3) is 0 Å². The third kappa shape index (κ3) is 5.45. The molecule has 0 aliphatic carbocycles. The summed E-state index contributed by atoms with van der Waals surface area (Å²) in [6.45, 7) is 0. The monoisotopic (exact) mass is 716 g/mol. The second-order valence-electron chi connectivity index (χ2n) is 14.1. The van der Waals surface area contributed by atoms with Crippen LogP contribution in [0.1, 0.15) is 0 Å². The average Bonchev–Trinajstić information content (AvgIpc) is 3.81. The SMILES string of the molecule is c1ccc(-c2ccc(-c3nc(-c4ccccc4)nc(-c4ccc5oc6cc(-n7c8ccccc8c8cc(-c9ccccc9)ccc87)ccc6c5c4)n3)cc2)cc1. The molecular formula is C51H32N4O. The van der Waals surface area contributed by atoms with Crippen LogP contribution in [0, 0.1) is 0 Å². The molecule has 0 saturated heterocycles. The number of rotatable bonds is 6. The molecule has 8 aromatic carbocycles. The molecule has 0 fully saturated rings. The van der Waals surface area contributed by atoms with E-state index >= 15 is 0 Å². The minimum absolute atomic E-state index is 0.606. The maximum atomic E-state index is 6.55. The molecule has 0 N–H and O–H groups in total. The van der Waals surface area contributed by atoms with Crippen molar-refractivity contribution in [2.75, 3.05) is 0 Å². The van der Waals surface area contributed by atoms with Crippen LogP contribution in [-0.4, -0.2) is 19.5 Å². The Labute approximate surface area is 322 Å². The quantitative estimate of drug-likeness (QED) is 0.172. The fourth-order valence-electron chi connectivity index (χ4n) is 7.90. The van der Waals surface area contributed by atoms with Gasteiger partial charge in [0.1, 0.15) is 11.2 Å². The van der Waals surface area contributed by atoms with Crippen LogP contribution in [0.5, 0.6) is 0 Å². The molecule has 3 heterocycles. The first-order chi connectivity index (χ1) is 27.7. The normalized spacial score (nSPS) is 11.6. The van der Waals surface area contributed by atoms with Gasteiger partial charge >= 0.3 is 0 Å². The zero-order chi connectivity index (χ0) is 37.0. The van der Waals surface area contributed by atoms with E-state index in [-0.39, 0.29) is 0 Å². The first-order valence-corrected chi connectivity index (χ1v) is 18.8. The van der Waals surface area contributed by atoms with Crippen molar-refractivity contribution in [3.63, 3.8) is 0 Å². The molecule has 3 aromatic heterocycles. The molecule has 11 rings (SSSR count). The second-order valence-corrected chi connectivity index (χ2v) is 14.1. The number of hydrogen-bond donors (Lipinski definition) is 0. The highest BCUT2D eigenvalue weighted by Gasteiger charge is 2.18. The highest BCUT2D eigenvalue weighted by atomic mass is 16.3. The first kappa shape index (κ1) is 31.9. The molecule has 0 spiro atoms. The summed E-state index contributed by atoms with van der Waals surface area (Å²) in [6.07, 6.45) is 0. The topological polar surface area (TPSA) is 56.7 Å². The number of nitrogens with zero attached hydrogens (tertiary/aromatic N) is 4. The molecule has 0 aliphatic heterocycles. The van der Waals surface area contributed by atoms with E-state index in [0.29, 0.717) is 17.5 Å². The van der Waals surface area contributed by atoms with E-state index in [4.69, 9.17) is 19.4 Å². The lowest BCUT2D eigenvalue weighted by atomic mass is 10.0. The highest BCUT2D eigenvalue weighted by Crippen LogP contribution is 2.38. The van der Waals surface area contributed by atoms with Crippen molar-refractivity contribution in [2.45, 2.75) is 0 Å². The maximum absolute atomic E-state index is 6.55. The fraction of sp³-hybridized carbons (Fsp3) is 0. The highest BCUT2D eigenvalue weighted by molar-refractivity contribution is 6.11. The van der Waals surface area contributed by atoms with Crippen LogP contribution < -0.4 is 0 Å². The van der Waals surface area contributed by atoms with E-state index in [1.807, 2.05) is 48.5 Å². The summed E-state index contributed by atoms with van der Waals surface area (Å²) in [5.41, 5.74) is 12.4. The predicted molar refractivity (Wildman–Crippen MR) is 229 cm³/mol. The third-order valence-corrected chi connectivity index (χ3v) is 10.7. The second kappa shape index (κ2) is 13.0. The largest absolute Gasteiger partial charge is 0.456 e. The van der Waals surface area contributed by atoms with E-state index in [0.717, 1.165) is 60.9 Å². The van der Waals surface area contributed by atoms with Crippen molar-refractivity contribution in [2.24, 2.45) is 0 Å². The number of hydrogen-bond acceptors (Lipinski definition) is 4. The van der Waals surface area contributed by atoms with Gasteiger partial charge in [-0.2, -0.15) is 0 Å². The van der Waals surface area contributed by atoms with Crippen LogP contribution in [0.3, 0.4) is 0 Å². The minimum Gasteiger partial charge on any atom is -0.456 e. The molecule has 56 heavy (non-hydrogen) atoms. The van der Waals surface area contributed by atoms with Gasteiger partial charge in [0.2, 0.25) is 0 Å². The van der Waals surface area contributed by atoms with Gasteiger partial charge in [0.15, 0.2) is 17.5 Å². The zero-order valence-electron chi connectivity index (χ0n) is 30.2. The van der Waals surface area contributed by atoms with Gasteiger partial charge in [-0.3, -0.25) is 0 Å². The Morgan fingerprint density at radius 3 is 1.52 bits per heavy atom. The summed E-state index contributed by atoms with van der Waals surface area (Å²) in [4.78, 5) is 15.0. The van der Waals surface area contributed by atoms with Crippen molar-refractivity contribution in [1.82, 2.24) is 19.5 Å². The summed E-state index contributed by atoms with van der Waals surface area (Å²) >= 11 is 0. The molecule has 0 amide bonds. The molecule has 0 atom stereocenters. The number of aromatic nitrogens is 4. The Morgan fingerprint density at radius 2 is 0.804 bits per heavy atom. The van der Waals surface area contributed by atoms with Gasteiger partial charge in [-0.1, -0.05) is 140 Å². The molecule has 0 aliphatic rings. The fourth-order valence-corrected chi connectivity index (χ4v) is 7.90. The van der Waals surface area contributed by atoms with Crippen LogP contribution in [0.2, 0.25) is 0 Å². The smallest absolute Gasteiger partial charge is 0.164 e. The molecule has 11 aromatic rings. The van der Waals surface area contributed by atoms with Crippen LogP contribution >= 0.6 is 0 Å². The van der Waals surface area contributed by atoms with Gasteiger partial charge in [0.05, 0.1) is 11.0 Å². The van der Waals surface area contributed by atoms with Crippen LogP contribution in [0.25, 0.3) is 106 Å². The molecule has 5 heteroatoms. The van der Waals surface area contributed by atoms with E-state index < -0.39 is 0 Å². The number of furan rings is 1. The number of fused-ring (bicyclic) bond motifs is 6. The number of benzene rings is 8. The van der Waals surface area contributed by atoms with E-state index in [9.17, 15) is 0 Å². The van der Waals surface area contributed by atoms with Gasteiger partial charge in [-0.05, 0) is 70.8 Å². The van der Waals surface area contributed by atoms with E-state index in [1.165, 1.54) is 27.5 Å². The molecular weight excluding hydrogens is 685 g/mol. The number of para-hydroxylation sites is 1. The maximum Gasteiger partial charge on any atom is 0.164 e. The predicted octanol–water partition coefficient (Wildman–Crippen LogP) is 13.2. The third-order valence-electron chi connectivity index (χ3n) is 10.7. The van der Waals surface area contributed by atoms with Gasteiger partial charge in [0, 0.05) is 50.0 Å². The Balaban J connectivity index is 1.01. The van der Waals surface area contributed by atoms with E-state index in [2.05, 4.69) is 150 Å². The van der Waals surface area contributed by atoms with Crippen molar-refractivity contribution in [3.05, 3.63) is 194 Å². The van der Waals surface area contributed by atoms with Crippen molar-refractivity contribution in [1.29, 1.82) is 0 Å². The van der Waals surface area contributed by atoms with Crippen molar-refractivity contribution in [3.8, 4) is 62.1 Å². The van der Waals surface area contributed by atoms with E-state index in [1.54, 1.807) is 0 Å². The standard InChI is InChI=1S/C51H32N4O/c1-4-12-33(13-5-1)35-20-22-37(23-21-35)50-52-49(36-16-8-3-9-17-36)53-51(54-50)39-25-29-47-44(31-39)42-27-26-40(32-48(42)56-47)55-45-19-11-10-18-41(45)43-30-38(24-28-46(43)55)34-14-6-2-7-15-34/h1-32H. The summed E-state index contributed by atoms with van der Waals surface area (Å²) < 4.78 is 8.89. The Bertz CT molecular complexity index is 3220.